The van der Waals surface area contributed by atoms with Crippen molar-refractivity contribution >= 4 is 16.9 Å². The number of hydrogen-bond acceptors (Lipinski definition) is 4. The quantitative estimate of drug-likeness (QED) is 0.572. The van der Waals surface area contributed by atoms with Crippen LogP contribution in [0.15, 0.2) is 24.3 Å². The van der Waals surface area contributed by atoms with Crippen LogP contribution in [-0.4, -0.2) is 24.1 Å². The Labute approximate surface area is 150 Å². The molecule has 0 atom stereocenters. The Hall–Kier alpha value is -0.840. The molecule has 24 heavy (non-hydrogen) atoms. The normalized spacial score (nSPS) is 17.8. The molecule has 1 aromatic rings. The molecule has 0 aliphatic carbocycles. The van der Waals surface area contributed by atoms with Crippen LogP contribution in [0.3, 0.4) is 0 Å². The van der Waals surface area contributed by atoms with Crippen LogP contribution in [-0.2, 0) is 9.47 Å². The molecule has 134 valence electrons. The summed E-state index contributed by atoms with van der Waals surface area (Å²) in [6, 6.07) is 7.68. The van der Waals surface area contributed by atoms with Crippen LogP contribution in [0, 0.1) is 5.41 Å². The molecule has 0 saturated carbocycles. The molecule has 0 bridgehead atoms. The van der Waals surface area contributed by atoms with Crippen molar-refractivity contribution in [2.45, 2.75) is 59.2 Å². The van der Waals surface area contributed by atoms with E-state index in [1.165, 1.54) is 24.6 Å². The largest absolute Gasteiger partial charge is 0.348 e. The van der Waals surface area contributed by atoms with Crippen molar-refractivity contribution in [3.05, 3.63) is 35.4 Å². The van der Waals surface area contributed by atoms with E-state index in [-0.39, 0.29) is 16.8 Å². The Morgan fingerprint density at radius 1 is 1.08 bits per heavy atom. The first-order valence-corrected chi connectivity index (χ1v) is 10.1. The van der Waals surface area contributed by atoms with Crippen LogP contribution in [0.4, 0.5) is 0 Å². The minimum Gasteiger partial charge on any atom is -0.348 e. The predicted octanol–water partition coefficient (Wildman–Crippen LogP) is 5.60. The maximum atomic E-state index is 12.2. The van der Waals surface area contributed by atoms with Gasteiger partial charge in [0.15, 0.2) is 6.29 Å². The third-order valence-electron chi connectivity index (χ3n) is 4.98. The van der Waals surface area contributed by atoms with Crippen molar-refractivity contribution in [2.24, 2.45) is 5.41 Å². The minimum absolute atomic E-state index is 0.152. The zero-order chi connectivity index (χ0) is 17.4. The highest BCUT2D eigenvalue weighted by molar-refractivity contribution is 8.14. The van der Waals surface area contributed by atoms with Gasteiger partial charge in [0.1, 0.15) is 0 Å². The molecule has 0 N–H and O–H groups in total. The lowest BCUT2D eigenvalue weighted by molar-refractivity contribution is -0.235. The van der Waals surface area contributed by atoms with Gasteiger partial charge in [0.25, 0.3) is 0 Å². The van der Waals surface area contributed by atoms with Crippen molar-refractivity contribution in [1.82, 2.24) is 0 Å². The molecule has 3 nitrogen and oxygen atoms in total. The van der Waals surface area contributed by atoms with Gasteiger partial charge in [-0.2, -0.15) is 0 Å². The molecule has 0 spiro atoms. The predicted molar refractivity (Wildman–Crippen MR) is 100 cm³/mol. The number of carbonyl (C=O) groups excluding carboxylic acids is 1. The molecular weight excluding hydrogens is 320 g/mol. The molecule has 1 aromatic carbocycles. The zero-order valence-corrected chi connectivity index (χ0v) is 16.0. The zero-order valence-electron chi connectivity index (χ0n) is 15.2. The minimum atomic E-state index is -0.308. The molecule has 4 heteroatoms. The standard InChI is InChI=1S/C20H30O3S/c1-4-7-8-13-24-18(21)16-9-11-17(12-10-16)19-22-14-20(5-2,6-3)15-23-19/h9-12,19H,4-8,13-15H2,1-3H3. The first-order valence-electron chi connectivity index (χ1n) is 9.14. The van der Waals surface area contributed by atoms with Gasteiger partial charge in [0.2, 0.25) is 5.12 Å². The Kier molecular flexibility index (Phi) is 7.79. The van der Waals surface area contributed by atoms with E-state index in [1.54, 1.807) is 0 Å². The van der Waals surface area contributed by atoms with Gasteiger partial charge in [0, 0.05) is 22.3 Å². The van der Waals surface area contributed by atoms with Gasteiger partial charge in [-0.05, 0) is 19.3 Å². The SMILES string of the molecule is CCCCCSC(=O)c1ccc(C2OCC(CC)(CC)CO2)cc1. The van der Waals surface area contributed by atoms with Crippen LogP contribution in [0.25, 0.3) is 0 Å². The topological polar surface area (TPSA) is 35.5 Å². The summed E-state index contributed by atoms with van der Waals surface area (Å²) in [4.78, 5) is 12.2. The van der Waals surface area contributed by atoms with E-state index in [4.69, 9.17) is 9.47 Å². The summed E-state index contributed by atoms with van der Waals surface area (Å²) in [5.74, 6) is 0.902. The summed E-state index contributed by atoms with van der Waals surface area (Å²) in [6.45, 7) is 8.02. The molecule has 1 heterocycles. The fraction of sp³-hybridized carbons (Fsp3) is 0.650. The summed E-state index contributed by atoms with van der Waals surface area (Å²) in [7, 11) is 0. The van der Waals surface area contributed by atoms with Gasteiger partial charge >= 0.3 is 0 Å². The third kappa shape index (κ3) is 5.08. The van der Waals surface area contributed by atoms with Crippen molar-refractivity contribution in [3.8, 4) is 0 Å². The van der Waals surface area contributed by atoms with Gasteiger partial charge in [-0.1, -0.05) is 69.6 Å². The summed E-state index contributed by atoms with van der Waals surface area (Å²) in [5.41, 5.74) is 1.90. The highest BCUT2D eigenvalue weighted by Gasteiger charge is 2.34. The fourth-order valence-corrected chi connectivity index (χ4v) is 3.66. The van der Waals surface area contributed by atoms with E-state index in [2.05, 4.69) is 20.8 Å². The lowest BCUT2D eigenvalue weighted by Gasteiger charge is -2.39. The monoisotopic (exact) mass is 350 g/mol. The van der Waals surface area contributed by atoms with Gasteiger partial charge in [-0.25, -0.2) is 0 Å². The van der Waals surface area contributed by atoms with Crippen LogP contribution in [0.2, 0.25) is 0 Å². The maximum Gasteiger partial charge on any atom is 0.219 e. The molecule has 0 aromatic heterocycles. The number of unbranched alkanes of at least 4 members (excludes halogenated alkanes) is 2. The van der Waals surface area contributed by atoms with Crippen LogP contribution >= 0.6 is 11.8 Å². The number of ether oxygens (including phenoxy) is 2. The first kappa shape index (κ1) is 19.5. The molecule has 0 radical (unpaired) electrons. The Morgan fingerprint density at radius 2 is 1.71 bits per heavy atom. The summed E-state index contributed by atoms with van der Waals surface area (Å²) in [6.07, 6.45) is 5.30. The molecule has 2 rings (SSSR count). The average Bonchev–Trinajstić information content (AvgIpc) is 2.65. The second-order valence-corrected chi connectivity index (χ2v) is 7.69. The lowest BCUT2D eigenvalue weighted by Crippen LogP contribution is -2.37. The Bertz CT molecular complexity index is 498. The van der Waals surface area contributed by atoms with E-state index in [9.17, 15) is 4.79 Å². The second-order valence-electron chi connectivity index (χ2n) is 6.63. The first-order chi connectivity index (χ1) is 11.6. The fourth-order valence-electron chi connectivity index (χ4n) is 2.82. The van der Waals surface area contributed by atoms with E-state index in [0.29, 0.717) is 0 Å². The molecule has 1 fully saturated rings. The Morgan fingerprint density at radius 3 is 2.25 bits per heavy atom. The highest BCUT2D eigenvalue weighted by Crippen LogP contribution is 2.36. The van der Waals surface area contributed by atoms with Crippen molar-refractivity contribution in [3.63, 3.8) is 0 Å². The number of hydrogen-bond donors (Lipinski definition) is 0. The number of thioether (sulfide) groups is 1. The molecular formula is C20H30O3S. The van der Waals surface area contributed by atoms with Crippen molar-refractivity contribution < 1.29 is 14.3 Å². The van der Waals surface area contributed by atoms with Crippen molar-refractivity contribution in [2.75, 3.05) is 19.0 Å². The van der Waals surface area contributed by atoms with Gasteiger partial charge in [-0.15, -0.1) is 0 Å². The van der Waals surface area contributed by atoms with E-state index < -0.39 is 0 Å². The second kappa shape index (κ2) is 9.59. The van der Waals surface area contributed by atoms with Gasteiger partial charge < -0.3 is 9.47 Å². The van der Waals surface area contributed by atoms with Crippen LogP contribution in [0.1, 0.15) is 75.1 Å². The van der Waals surface area contributed by atoms with Gasteiger partial charge in [0.05, 0.1) is 13.2 Å². The van der Waals surface area contributed by atoms with E-state index >= 15 is 0 Å². The van der Waals surface area contributed by atoms with Gasteiger partial charge in [-0.3, -0.25) is 4.79 Å². The highest BCUT2D eigenvalue weighted by atomic mass is 32.2. The summed E-state index contributed by atoms with van der Waals surface area (Å²) >= 11 is 1.42. The van der Waals surface area contributed by atoms with E-state index in [0.717, 1.165) is 49.4 Å². The van der Waals surface area contributed by atoms with E-state index in [1.807, 2.05) is 24.3 Å². The average molecular weight is 351 g/mol. The summed E-state index contributed by atoms with van der Waals surface area (Å²) in [5, 5.41) is 0.152. The van der Waals surface area contributed by atoms with Crippen molar-refractivity contribution in [1.29, 1.82) is 0 Å². The molecule has 0 amide bonds. The molecule has 1 aliphatic rings. The maximum absolute atomic E-state index is 12.2. The Balaban J connectivity index is 1.87. The van der Waals surface area contributed by atoms with Crippen LogP contribution < -0.4 is 0 Å². The summed E-state index contributed by atoms with van der Waals surface area (Å²) < 4.78 is 11.9. The number of rotatable bonds is 8. The number of benzene rings is 1. The smallest absolute Gasteiger partial charge is 0.219 e. The van der Waals surface area contributed by atoms with Crippen LogP contribution in [0.5, 0.6) is 0 Å². The third-order valence-corrected chi connectivity index (χ3v) is 5.97. The lowest BCUT2D eigenvalue weighted by atomic mass is 9.83. The molecule has 1 aliphatic heterocycles. The number of carbonyl (C=O) groups is 1. The molecule has 1 saturated heterocycles. The molecule has 0 unspecified atom stereocenters.